The first kappa shape index (κ1) is 12.4. The van der Waals surface area contributed by atoms with Crippen LogP contribution in [0.3, 0.4) is 0 Å². The highest BCUT2D eigenvalue weighted by Crippen LogP contribution is 2.36. The van der Waals surface area contributed by atoms with E-state index in [-0.39, 0.29) is 12.3 Å². The Bertz CT molecular complexity index is 351. The Balaban J connectivity index is 3.12. The first-order valence-electron chi connectivity index (χ1n) is 5.02. The lowest BCUT2D eigenvalue weighted by Crippen LogP contribution is -2.06. The number of hydrogen-bond donors (Lipinski definition) is 1. The van der Waals surface area contributed by atoms with Crippen LogP contribution < -0.4 is 9.47 Å². The molecule has 1 N–H and O–H groups in total. The van der Waals surface area contributed by atoms with Gasteiger partial charge in [-0.1, -0.05) is 13.0 Å². The Morgan fingerprint density at radius 3 is 2.19 bits per heavy atom. The van der Waals surface area contributed by atoms with Crippen molar-refractivity contribution in [2.24, 2.45) is 0 Å². The standard InChI is InChI=1S/C12H16O4/c1-8(7-11(13)14)12-9(15-2)5-4-6-10(12)16-3/h4-6,8H,7H2,1-3H3,(H,13,14). The summed E-state index contributed by atoms with van der Waals surface area (Å²) in [6.07, 6.45) is 0.0523. The Labute approximate surface area is 94.8 Å². The fraction of sp³-hybridized carbons (Fsp3) is 0.417. The van der Waals surface area contributed by atoms with E-state index in [0.29, 0.717) is 11.5 Å². The van der Waals surface area contributed by atoms with E-state index in [2.05, 4.69) is 0 Å². The van der Waals surface area contributed by atoms with Crippen LogP contribution in [0.2, 0.25) is 0 Å². The van der Waals surface area contributed by atoms with Gasteiger partial charge in [-0.2, -0.15) is 0 Å². The smallest absolute Gasteiger partial charge is 0.303 e. The SMILES string of the molecule is COc1cccc(OC)c1C(C)CC(=O)O. The number of rotatable bonds is 5. The van der Waals surface area contributed by atoms with Crippen molar-refractivity contribution in [2.45, 2.75) is 19.3 Å². The van der Waals surface area contributed by atoms with Crippen LogP contribution in [0.15, 0.2) is 18.2 Å². The highest BCUT2D eigenvalue weighted by atomic mass is 16.5. The summed E-state index contributed by atoms with van der Waals surface area (Å²) in [5.74, 6) is 0.338. The Kier molecular flexibility index (Phi) is 4.17. The zero-order chi connectivity index (χ0) is 12.1. The molecule has 0 radical (unpaired) electrons. The molecular formula is C12H16O4. The maximum absolute atomic E-state index is 10.7. The van der Waals surface area contributed by atoms with Crippen LogP contribution in [0.5, 0.6) is 11.5 Å². The van der Waals surface area contributed by atoms with Gasteiger partial charge in [0, 0.05) is 5.56 Å². The number of carboxylic acids is 1. The Hall–Kier alpha value is -1.71. The van der Waals surface area contributed by atoms with Gasteiger partial charge in [-0.15, -0.1) is 0 Å². The van der Waals surface area contributed by atoms with Crippen molar-refractivity contribution in [2.75, 3.05) is 14.2 Å². The predicted molar refractivity (Wildman–Crippen MR) is 60.2 cm³/mol. The maximum Gasteiger partial charge on any atom is 0.303 e. The number of hydrogen-bond acceptors (Lipinski definition) is 3. The third-order valence-corrected chi connectivity index (χ3v) is 2.44. The maximum atomic E-state index is 10.7. The van der Waals surface area contributed by atoms with E-state index in [4.69, 9.17) is 14.6 Å². The van der Waals surface area contributed by atoms with Crippen molar-refractivity contribution in [3.8, 4) is 11.5 Å². The molecule has 16 heavy (non-hydrogen) atoms. The zero-order valence-corrected chi connectivity index (χ0v) is 9.69. The summed E-state index contributed by atoms with van der Waals surface area (Å²) in [6, 6.07) is 5.42. The molecule has 1 unspecified atom stereocenters. The van der Waals surface area contributed by atoms with Crippen LogP contribution in [0.25, 0.3) is 0 Å². The second kappa shape index (κ2) is 5.39. The van der Waals surface area contributed by atoms with E-state index in [0.717, 1.165) is 5.56 Å². The average Bonchev–Trinajstić information content (AvgIpc) is 2.26. The van der Waals surface area contributed by atoms with E-state index in [9.17, 15) is 4.79 Å². The van der Waals surface area contributed by atoms with E-state index >= 15 is 0 Å². The van der Waals surface area contributed by atoms with Crippen molar-refractivity contribution in [1.29, 1.82) is 0 Å². The van der Waals surface area contributed by atoms with Gasteiger partial charge in [0.15, 0.2) is 0 Å². The first-order chi connectivity index (χ1) is 7.60. The Morgan fingerprint density at radius 1 is 1.31 bits per heavy atom. The van der Waals surface area contributed by atoms with Crippen molar-refractivity contribution >= 4 is 5.97 Å². The monoisotopic (exact) mass is 224 g/mol. The van der Waals surface area contributed by atoms with E-state index in [1.165, 1.54) is 0 Å². The molecule has 0 saturated heterocycles. The predicted octanol–water partition coefficient (Wildman–Crippen LogP) is 2.28. The van der Waals surface area contributed by atoms with Crippen molar-refractivity contribution < 1.29 is 19.4 Å². The van der Waals surface area contributed by atoms with E-state index < -0.39 is 5.97 Å². The number of ether oxygens (including phenoxy) is 2. The van der Waals surface area contributed by atoms with Gasteiger partial charge in [0.2, 0.25) is 0 Å². The highest BCUT2D eigenvalue weighted by Gasteiger charge is 2.19. The molecule has 0 spiro atoms. The minimum absolute atomic E-state index is 0.0523. The minimum Gasteiger partial charge on any atom is -0.496 e. The molecule has 0 saturated carbocycles. The van der Waals surface area contributed by atoms with Gasteiger partial charge in [-0.3, -0.25) is 4.79 Å². The zero-order valence-electron chi connectivity index (χ0n) is 9.69. The summed E-state index contributed by atoms with van der Waals surface area (Å²) in [4.78, 5) is 10.7. The van der Waals surface area contributed by atoms with Crippen LogP contribution in [0.4, 0.5) is 0 Å². The molecule has 0 amide bonds. The highest BCUT2D eigenvalue weighted by molar-refractivity contribution is 5.68. The Morgan fingerprint density at radius 2 is 1.81 bits per heavy atom. The van der Waals surface area contributed by atoms with Crippen molar-refractivity contribution in [3.05, 3.63) is 23.8 Å². The summed E-state index contributed by atoms with van der Waals surface area (Å²) in [6.45, 7) is 1.84. The van der Waals surface area contributed by atoms with E-state index in [1.807, 2.05) is 13.0 Å². The lowest BCUT2D eigenvalue weighted by Gasteiger charge is -2.17. The first-order valence-corrected chi connectivity index (χ1v) is 5.02. The van der Waals surface area contributed by atoms with Crippen LogP contribution in [-0.4, -0.2) is 25.3 Å². The summed E-state index contributed by atoms with van der Waals surface area (Å²) < 4.78 is 10.4. The largest absolute Gasteiger partial charge is 0.496 e. The molecular weight excluding hydrogens is 208 g/mol. The van der Waals surface area contributed by atoms with Gasteiger partial charge in [0.05, 0.1) is 20.6 Å². The lowest BCUT2D eigenvalue weighted by atomic mass is 9.96. The molecule has 0 bridgehead atoms. The van der Waals surface area contributed by atoms with E-state index in [1.54, 1.807) is 26.4 Å². The van der Waals surface area contributed by atoms with Crippen LogP contribution in [-0.2, 0) is 4.79 Å². The molecule has 1 aromatic carbocycles. The second-order valence-electron chi connectivity index (χ2n) is 3.58. The lowest BCUT2D eigenvalue weighted by molar-refractivity contribution is -0.137. The molecule has 0 aliphatic heterocycles. The van der Waals surface area contributed by atoms with Gasteiger partial charge in [-0.25, -0.2) is 0 Å². The molecule has 1 rings (SSSR count). The van der Waals surface area contributed by atoms with Gasteiger partial charge in [-0.05, 0) is 18.1 Å². The molecule has 4 heteroatoms. The molecule has 0 heterocycles. The molecule has 0 fully saturated rings. The normalized spacial score (nSPS) is 11.9. The van der Waals surface area contributed by atoms with Gasteiger partial charge in [0.1, 0.15) is 11.5 Å². The summed E-state index contributed by atoms with van der Waals surface area (Å²) >= 11 is 0. The number of carbonyl (C=O) groups is 1. The molecule has 4 nitrogen and oxygen atoms in total. The average molecular weight is 224 g/mol. The molecule has 1 aromatic rings. The number of methoxy groups -OCH3 is 2. The van der Waals surface area contributed by atoms with Crippen molar-refractivity contribution in [3.63, 3.8) is 0 Å². The minimum atomic E-state index is -0.833. The number of benzene rings is 1. The number of aliphatic carboxylic acids is 1. The fourth-order valence-corrected chi connectivity index (χ4v) is 1.73. The van der Waals surface area contributed by atoms with Crippen LogP contribution in [0, 0.1) is 0 Å². The van der Waals surface area contributed by atoms with Gasteiger partial charge < -0.3 is 14.6 Å². The fourth-order valence-electron chi connectivity index (χ4n) is 1.73. The third kappa shape index (κ3) is 2.66. The quantitative estimate of drug-likeness (QED) is 0.833. The molecule has 0 aliphatic carbocycles. The van der Waals surface area contributed by atoms with Gasteiger partial charge in [0.25, 0.3) is 0 Å². The molecule has 0 aliphatic rings. The van der Waals surface area contributed by atoms with Crippen molar-refractivity contribution in [1.82, 2.24) is 0 Å². The van der Waals surface area contributed by atoms with Crippen LogP contribution >= 0.6 is 0 Å². The topological polar surface area (TPSA) is 55.8 Å². The summed E-state index contributed by atoms with van der Waals surface area (Å²) in [5, 5.41) is 8.79. The molecule has 88 valence electrons. The summed E-state index contributed by atoms with van der Waals surface area (Å²) in [5.41, 5.74) is 0.801. The van der Waals surface area contributed by atoms with Gasteiger partial charge >= 0.3 is 5.97 Å². The molecule has 1 atom stereocenters. The number of carboxylic acid groups (broad SMARTS) is 1. The molecule has 0 aromatic heterocycles. The third-order valence-electron chi connectivity index (χ3n) is 2.44. The summed E-state index contributed by atoms with van der Waals surface area (Å²) in [7, 11) is 3.12. The van der Waals surface area contributed by atoms with Crippen LogP contribution in [0.1, 0.15) is 24.8 Å². The second-order valence-corrected chi connectivity index (χ2v) is 3.58.